The quantitative estimate of drug-likeness (QED) is 0.445. The molecule has 1 heterocycles. The van der Waals surface area contributed by atoms with Crippen molar-refractivity contribution in [3.63, 3.8) is 0 Å². The Kier molecular flexibility index (Phi) is 5.58. The number of hydrogen-bond acceptors (Lipinski definition) is 6. The summed E-state index contributed by atoms with van der Waals surface area (Å²) in [5.74, 6) is -0.400. The summed E-state index contributed by atoms with van der Waals surface area (Å²) in [7, 11) is 2.76. The molecule has 1 aliphatic heterocycles. The largest absolute Gasteiger partial charge is 0.497 e. The predicted molar refractivity (Wildman–Crippen MR) is 100 cm³/mol. The summed E-state index contributed by atoms with van der Waals surface area (Å²) in [6.45, 7) is 0.525. The highest BCUT2D eigenvalue weighted by Gasteiger charge is 2.32. The van der Waals surface area contributed by atoms with Crippen molar-refractivity contribution in [3.8, 4) is 5.75 Å². The van der Waals surface area contributed by atoms with Gasteiger partial charge >= 0.3 is 5.97 Å². The van der Waals surface area contributed by atoms with Gasteiger partial charge in [0.1, 0.15) is 5.75 Å². The van der Waals surface area contributed by atoms with Gasteiger partial charge in [-0.25, -0.2) is 4.79 Å². The van der Waals surface area contributed by atoms with Gasteiger partial charge in [-0.05, 0) is 36.6 Å². The molecule has 0 N–H and O–H groups in total. The molecule has 0 spiro atoms. The van der Waals surface area contributed by atoms with Gasteiger partial charge in [-0.15, -0.1) is 0 Å². The van der Waals surface area contributed by atoms with E-state index in [4.69, 9.17) is 4.74 Å². The van der Waals surface area contributed by atoms with Crippen LogP contribution in [0.4, 0.5) is 5.69 Å². The zero-order chi connectivity index (χ0) is 20.3. The van der Waals surface area contributed by atoms with E-state index in [0.717, 1.165) is 24.5 Å². The van der Waals surface area contributed by atoms with E-state index in [2.05, 4.69) is 4.74 Å². The molecule has 0 bridgehead atoms. The van der Waals surface area contributed by atoms with Gasteiger partial charge in [0.25, 0.3) is 11.6 Å². The van der Waals surface area contributed by atoms with Gasteiger partial charge < -0.3 is 14.4 Å². The Morgan fingerprint density at radius 3 is 2.57 bits per heavy atom. The smallest absolute Gasteiger partial charge is 0.338 e. The van der Waals surface area contributed by atoms with Crippen LogP contribution in [0.25, 0.3) is 0 Å². The second-order valence-corrected chi connectivity index (χ2v) is 6.45. The van der Waals surface area contributed by atoms with E-state index in [0.29, 0.717) is 12.3 Å². The second kappa shape index (κ2) is 8.08. The molecular formula is C20H20N2O6. The second-order valence-electron chi connectivity index (χ2n) is 6.45. The number of hydrogen-bond donors (Lipinski definition) is 0. The average Bonchev–Trinajstić information content (AvgIpc) is 3.22. The number of nitrogens with zero attached hydrogens (tertiary/aromatic N) is 2. The highest BCUT2D eigenvalue weighted by Crippen LogP contribution is 2.35. The van der Waals surface area contributed by atoms with Crippen molar-refractivity contribution >= 4 is 17.6 Å². The fourth-order valence-electron chi connectivity index (χ4n) is 3.45. The van der Waals surface area contributed by atoms with Crippen LogP contribution >= 0.6 is 0 Å². The van der Waals surface area contributed by atoms with Crippen molar-refractivity contribution in [1.29, 1.82) is 0 Å². The van der Waals surface area contributed by atoms with E-state index in [9.17, 15) is 19.7 Å². The first kappa shape index (κ1) is 19.3. The Hall–Kier alpha value is -3.42. The Morgan fingerprint density at radius 2 is 1.89 bits per heavy atom. The number of likely N-dealkylation sites (tertiary alicyclic amines) is 1. The van der Waals surface area contributed by atoms with Crippen LogP contribution in [0.15, 0.2) is 42.5 Å². The minimum absolute atomic E-state index is 0.0304. The lowest BCUT2D eigenvalue weighted by molar-refractivity contribution is -0.384. The number of rotatable bonds is 5. The lowest BCUT2D eigenvalue weighted by Gasteiger charge is -2.25. The van der Waals surface area contributed by atoms with Crippen molar-refractivity contribution in [2.24, 2.45) is 0 Å². The Balaban J connectivity index is 1.97. The van der Waals surface area contributed by atoms with Crippen LogP contribution in [0.3, 0.4) is 0 Å². The molecule has 0 saturated carbocycles. The zero-order valence-electron chi connectivity index (χ0n) is 15.6. The normalized spacial score (nSPS) is 15.9. The number of amides is 1. The van der Waals surface area contributed by atoms with E-state index in [1.165, 1.54) is 19.2 Å². The van der Waals surface area contributed by atoms with E-state index in [1.807, 2.05) is 24.3 Å². The lowest BCUT2D eigenvalue weighted by atomic mass is 10.0. The summed E-state index contributed by atoms with van der Waals surface area (Å²) in [5.41, 5.74) is 0.661. The summed E-state index contributed by atoms with van der Waals surface area (Å²) in [6, 6.07) is 11.0. The Labute approximate surface area is 161 Å². The van der Waals surface area contributed by atoms with Crippen molar-refractivity contribution < 1.29 is 24.0 Å². The summed E-state index contributed by atoms with van der Waals surface area (Å²) < 4.78 is 9.91. The van der Waals surface area contributed by atoms with E-state index in [1.54, 1.807) is 12.0 Å². The lowest BCUT2D eigenvalue weighted by Crippen LogP contribution is -2.30. The molecule has 28 heavy (non-hydrogen) atoms. The van der Waals surface area contributed by atoms with Crippen molar-refractivity contribution in [1.82, 2.24) is 4.90 Å². The van der Waals surface area contributed by atoms with Crippen molar-refractivity contribution in [2.75, 3.05) is 20.8 Å². The molecule has 1 atom stereocenters. The first-order valence-corrected chi connectivity index (χ1v) is 8.77. The molecular weight excluding hydrogens is 364 g/mol. The molecule has 0 aromatic heterocycles. The average molecular weight is 384 g/mol. The number of non-ortho nitro benzene ring substituents is 1. The number of benzene rings is 2. The fourth-order valence-corrected chi connectivity index (χ4v) is 3.45. The zero-order valence-corrected chi connectivity index (χ0v) is 15.6. The molecule has 3 rings (SSSR count). The molecule has 0 aliphatic carbocycles. The minimum atomic E-state index is -0.733. The van der Waals surface area contributed by atoms with Crippen LogP contribution < -0.4 is 4.74 Å². The summed E-state index contributed by atoms with van der Waals surface area (Å²) >= 11 is 0. The highest BCUT2D eigenvalue weighted by atomic mass is 16.6. The number of esters is 1. The maximum absolute atomic E-state index is 13.1. The highest BCUT2D eigenvalue weighted by molar-refractivity contribution is 5.99. The molecule has 146 valence electrons. The SMILES string of the molecule is COC(=O)c1cc(C(=O)N2CCCC2c2cccc(OC)c2)cc([N+](=O)[O-])c1. The molecule has 8 heteroatoms. The molecule has 1 aliphatic rings. The first-order valence-electron chi connectivity index (χ1n) is 8.77. The maximum Gasteiger partial charge on any atom is 0.338 e. The molecule has 2 aromatic carbocycles. The third kappa shape index (κ3) is 3.80. The molecule has 8 nitrogen and oxygen atoms in total. The van der Waals surface area contributed by atoms with Gasteiger partial charge in [0.15, 0.2) is 0 Å². The van der Waals surface area contributed by atoms with Crippen LogP contribution in [0, 0.1) is 10.1 Å². The van der Waals surface area contributed by atoms with Crippen LogP contribution in [-0.4, -0.2) is 42.5 Å². The summed E-state index contributed by atoms with van der Waals surface area (Å²) in [6.07, 6.45) is 1.59. The van der Waals surface area contributed by atoms with Gasteiger partial charge in [-0.1, -0.05) is 12.1 Å². The first-order chi connectivity index (χ1) is 13.4. The van der Waals surface area contributed by atoms with Gasteiger partial charge in [-0.3, -0.25) is 14.9 Å². The number of ether oxygens (including phenoxy) is 2. The van der Waals surface area contributed by atoms with Crippen molar-refractivity contribution in [3.05, 3.63) is 69.3 Å². The minimum Gasteiger partial charge on any atom is -0.497 e. The summed E-state index contributed by atoms with van der Waals surface area (Å²) in [5, 5.41) is 11.2. The Bertz CT molecular complexity index is 927. The molecule has 1 unspecified atom stereocenters. The molecule has 1 saturated heterocycles. The van der Waals surface area contributed by atoms with Crippen LogP contribution in [0.1, 0.15) is 45.2 Å². The third-order valence-electron chi connectivity index (χ3n) is 4.79. The van der Waals surface area contributed by atoms with E-state index >= 15 is 0 Å². The standard InChI is InChI=1S/C20H20N2O6/c1-27-17-6-3-5-13(12-17)18-7-4-8-21(18)19(23)14-9-15(20(24)28-2)11-16(10-14)22(25)26/h3,5-6,9-12,18H,4,7-8H2,1-2H3. The third-order valence-corrected chi connectivity index (χ3v) is 4.79. The van der Waals surface area contributed by atoms with Gasteiger partial charge in [0.05, 0.1) is 30.7 Å². The van der Waals surface area contributed by atoms with E-state index < -0.39 is 10.9 Å². The van der Waals surface area contributed by atoms with Crippen LogP contribution in [0.2, 0.25) is 0 Å². The Morgan fingerprint density at radius 1 is 1.14 bits per heavy atom. The molecule has 1 fully saturated rings. The number of carbonyl (C=O) groups excluding carboxylic acids is 2. The van der Waals surface area contributed by atoms with E-state index in [-0.39, 0.29) is 28.8 Å². The van der Waals surface area contributed by atoms with Gasteiger partial charge in [0, 0.05) is 24.2 Å². The fraction of sp³-hybridized carbons (Fsp3) is 0.300. The number of methoxy groups -OCH3 is 2. The van der Waals surface area contributed by atoms with Crippen LogP contribution in [-0.2, 0) is 4.74 Å². The number of nitro groups is 1. The summed E-state index contributed by atoms with van der Waals surface area (Å²) in [4.78, 5) is 37.3. The van der Waals surface area contributed by atoms with Gasteiger partial charge in [0.2, 0.25) is 0 Å². The molecule has 2 aromatic rings. The monoisotopic (exact) mass is 384 g/mol. The van der Waals surface area contributed by atoms with Crippen molar-refractivity contribution in [2.45, 2.75) is 18.9 Å². The molecule has 1 amide bonds. The topological polar surface area (TPSA) is 99.0 Å². The predicted octanol–water partition coefficient (Wildman–Crippen LogP) is 3.37. The number of carbonyl (C=O) groups is 2. The maximum atomic E-state index is 13.1. The van der Waals surface area contributed by atoms with Crippen LogP contribution in [0.5, 0.6) is 5.75 Å². The number of nitro benzene ring substituents is 1. The molecule has 0 radical (unpaired) electrons. The van der Waals surface area contributed by atoms with Gasteiger partial charge in [-0.2, -0.15) is 0 Å².